The number of alkyl halides is 1. The molecule has 0 spiro atoms. The fourth-order valence-electron chi connectivity index (χ4n) is 3.33. The first kappa shape index (κ1) is 21.7. The molecule has 160 valence electrons. The fraction of sp³-hybridized carbons (Fsp3) is 0.364. The maximum atomic E-state index is 14.8. The number of carbonyl (C=O) groups is 2. The summed E-state index contributed by atoms with van der Waals surface area (Å²) in [4.78, 5) is 26.4. The van der Waals surface area contributed by atoms with Gasteiger partial charge in [0.05, 0.1) is 18.8 Å². The van der Waals surface area contributed by atoms with Crippen LogP contribution in [0.4, 0.5) is 19.3 Å². The molecular weight excluding hydrogens is 392 g/mol. The van der Waals surface area contributed by atoms with Gasteiger partial charge in [0.15, 0.2) is 0 Å². The van der Waals surface area contributed by atoms with Crippen molar-refractivity contribution in [3.63, 3.8) is 0 Å². The van der Waals surface area contributed by atoms with Crippen LogP contribution in [0.15, 0.2) is 42.5 Å². The van der Waals surface area contributed by atoms with Crippen molar-refractivity contribution in [2.24, 2.45) is 0 Å². The van der Waals surface area contributed by atoms with Crippen LogP contribution in [0.5, 0.6) is 0 Å². The maximum Gasteiger partial charge on any atom is 0.414 e. The number of nitrogens with zero attached hydrogens (tertiary/aromatic N) is 2. The number of anilines is 1. The molecule has 1 N–H and O–H groups in total. The summed E-state index contributed by atoms with van der Waals surface area (Å²) in [5.74, 6) is -0.659. The van der Waals surface area contributed by atoms with Gasteiger partial charge in [0.25, 0.3) is 0 Å². The van der Waals surface area contributed by atoms with E-state index in [2.05, 4.69) is 5.32 Å². The minimum Gasteiger partial charge on any atom is -0.442 e. The van der Waals surface area contributed by atoms with E-state index in [1.165, 1.54) is 17.9 Å². The predicted molar refractivity (Wildman–Crippen MR) is 110 cm³/mol. The van der Waals surface area contributed by atoms with Crippen molar-refractivity contribution in [1.82, 2.24) is 10.2 Å². The molecule has 1 saturated heterocycles. The molecule has 1 aliphatic rings. The minimum absolute atomic E-state index is 0.208. The van der Waals surface area contributed by atoms with Crippen molar-refractivity contribution in [2.45, 2.75) is 19.6 Å². The van der Waals surface area contributed by atoms with E-state index in [4.69, 9.17) is 4.74 Å². The average Bonchev–Trinajstić information content (AvgIpc) is 3.08. The molecule has 0 radical (unpaired) electrons. The van der Waals surface area contributed by atoms with Gasteiger partial charge in [-0.1, -0.05) is 24.3 Å². The van der Waals surface area contributed by atoms with Crippen molar-refractivity contribution in [3.05, 3.63) is 53.8 Å². The Balaban J connectivity index is 1.69. The van der Waals surface area contributed by atoms with E-state index in [1.807, 2.05) is 36.2 Å². The molecule has 0 aromatic heterocycles. The van der Waals surface area contributed by atoms with Crippen LogP contribution in [0.1, 0.15) is 12.5 Å². The summed E-state index contributed by atoms with van der Waals surface area (Å²) >= 11 is 0. The summed E-state index contributed by atoms with van der Waals surface area (Å²) in [7, 11) is 1.84. The second-order valence-corrected chi connectivity index (χ2v) is 7.34. The van der Waals surface area contributed by atoms with Crippen LogP contribution < -0.4 is 10.2 Å². The summed E-state index contributed by atoms with van der Waals surface area (Å²) in [6, 6.07) is 12.0. The normalized spacial score (nSPS) is 16.1. The van der Waals surface area contributed by atoms with Gasteiger partial charge in [0.1, 0.15) is 18.6 Å². The molecule has 1 fully saturated rings. The quantitative estimate of drug-likeness (QED) is 0.716. The zero-order valence-corrected chi connectivity index (χ0v) is 17.0. The molecule has 2 aromatic rings. The van der Waals surface area contributed by atoms with Crippen molar-refractivity contribution >= 4 is 17.7 Å². The average molecular weight is 417 g/mol. The number of hydrogen-bond donors (Lipinski definition) is 1. The van der Waals surface area contributed by atoms with E-state index in [0.717, 1.165) is 5.56 Å². The molecule has 6 nitrogen and oxygen atoms in total. The first-order chi connectivity index (χ1) is 14.4. The Morgan fingerprint density at radius 1 is 1.27 bits per heavy atom. The molecule has 2 aromatic carbocycles. The molecule has 8 heteroatoms. The fourth-order valence-corrected chi connectivity index (χ4v) is 3.33. The summed E-state index contributed by atoms with van der Waals surface area (Å²) in [5.41, 5.74) is 2.54. The molecule has 1 aliphatic heterocycles. The van der Waals surface area contributed by atoms with Gasteiger partial charge >= 0.3 is 6.09 Å². The number of cyclic esters (lactones) is 1. The third kappa shape index (κ3) is 5.33. The number of rotatable bonds is 8. The van der Waals surface area contributed by atoms with Crippen LogP contribution in [0, 0.1) is 5.82 Å². The van der Waals surface area contributed by atoms with E-state index < -0.39 is 24.7 Å². The molecular formula is C22H25F2N3O3. The van der Waals surface area contributed by atoms with Crippen LogP contribution >= 0.6 is 0 Å². The number of halogens is 2. The number of benzene rings is 2. The van der Waals surface area contributed by atoms with Gasteiger partial charge in [0, 0.05) is 25.6 Å². The summed E-state index contributed by atoms with van der Waals surface area (Å²) in [5, 5.41) is 2.61. The summed E-state index contributed by atoms with van der Waals surface area (Å²) in [6.45, 7) is 2.41. The van der Waals surface area contributed by atoms with Crippen molar-refractivity contribution in [2.75, 3.05) is 38.3 Å². The number of amides is 2. The lowest BCUT2D eigenvalue weighted by atomic mass is 10.0. The Kier molecular flexibility index (Phi) is 6.99. The van der Waals surface area contributed by atoms with Gasteiger partial charge in [-0.25, -0.2) is 13.6 Å². The molecule has 1 unspecified atom stereocenters. The highest BCUT2D eigenvalue weighted by Gasteiger charge is 2.32. The van der Waals surface area contributed by atoms with E-state index in [-0.39, 0.29) is 19.0 Å². The Morgan fingerprint density at radius 2 is 2.00 bits per heavy atom. The molecule has 1 atom stereocenters. The third-order valence-corrected chi connectivity index (χ3v) is 4.90. The van der Waals surface area contributed by atoms with Gasteiger partial charge in [0.2, 0.25) is 5.91 Å². The highest BCUT2D eigenvalue weighted by atomic mass is 19.1. The molecule has 0 bridgehead atoms. The van der Waals surface area contributed by atoms with E-state index >= 15 is 0 Å². The smallest absolute Gasteiger partial charge is 0.414 e. The number of nitrogens with one attached hydrogen (secondary N) is 1. The van der Waals surface area contributed by atoms with E-state index in [9.17, 15) is 18.4 Å². The second kappa shape index (κ2) is 9.67. The van der Waals surface area contributed by atoms with E-state index in [1.54, 1.807) is 12.1 Å². The van der Waals surface area contributed by atoms with Gasteiger partial charge in [-0.3, -0.25) is 14.6 Å². The number of hydrogen-bond acceptors (Lipinski definition) is 4. The topological polar surface area (TPSA) is 61.9 Å². The first-order valence-electron chi connectivity index (χ1n) is 9.73. The highest BCUT2D eigenvalue weighted by molar-refractivity contribution is 5.90. The Hall–Kier alpha value is -3.00. The Bertz CT molecular complexity index is 905. The van der Waals surface area contributed by atoms with Crippen molar-refractivity contribution in [1.29, 1.82) is 0 Å². The highest BCUT2D eigenvalue weighted by Crippen LogP contribution is 2.29. The van der Waals surface area contributed by atoms with Crippen molar-refractivity contribution < 1.29 is 23.1 Å². The first-order valence-corrected chi connectivity index (χ1v) is 9.73. The molecule has 0 aliphatic carbocycles. The van der Waals surface area contributed by atoms with Crippen LogP contribution in [0.3, 0.4) is 0 Å². The monoisotopic (exact) mass is 417 g/mol. The lowest BCUT2D eigenvalue weighted by Crippen LogP contribution is -2.33. The van der Waals surface area contributed by atoms with Gasteiger partial charge in [-0.2, -0.15) is 0 Å². The van der Waals surface area contributed by atoms with Crippen LogP contribution in [-0.4, -0.2) is 56.4 Å². The van der Waals surface area contributed by atoms with Crippen LogP contribution in [0.25, 0.3) is 11.1 Å². The summed E-state index contributed by atoms with van der Waals surface area (Å²) < 4.78 is 32.4. The molecule has 1 heterocycles. The Morgan fingerprint density at radius 3 is 2.63 bits per heavy atom. The third-order valence-electron chi connectivity index (χ3n) is 4.90. The zero-order valence-electron chi connectivity index (χ0n) is 17.0. The van der Waals surface area contributed by atoms with Crippen molar-refractivity contribution in [3.8, 4) is 11.1 Å². The molecule has 30 heavy (non-hydrogen) atoms. The molecule has 2 amide bonds. The van der Waals surface area contributed by atoms with Gasteiger partial charge in [-0.15, -0.1) is 0 Å². The SMILES string of the molecule is CC(=O)NCC1CN(c2ccc(-c3ccc(CN(C)CCF)cc3)c(F)c2)C(=O)O1. The summed E-state index contributed by atoms with van der Waals surface area (Å²) in [6.07, 6.45) is -1.05. The lowest BCUT2D eigenvalue weighted by molar-refractivity contribution is -0.119. The predicted octanol–water partition coefficient (Wildman–Crippen LogP) is 3.36. The van der Waals surface area contributed by atoms with Crippen LogP contribution in [-0.2, 0) is 16.1 Å². The number of ether oxygens (including phenoxy) is 1. The molecule has 3 rings (SSSR count). The zero-order chi connectivity index (χ0) is 21.7. The van der Waals surface area contributed by atoms with Crippen LogP contribution in [0.2, 0.25) is 0 Å². The van der Waals surface area contributed by atoms with E-state index in [0.29, 0.717) is 29.9 Å². The largest absolute Gasteiger partial charge is 0.442 e. The minimum atomic E-state index is -0.570. The van der Waals surface area contributed by atoms with Gasteiger partial charge < -0.3 is 10.1 Å². The number of carbonyl (C=O) groups excluding carboxylic acids is 2. The standard InChI is InChI=1S/C22H25F2N3O3/c1-15(28)25-12-19-14-27(22(29)30-19)18-7-8-20(21(24)11-18)17-5-3-16(4-6-17)13-26(2)10-9-23/h3-8,11,19H,9-10,12-14H2,1-2H3,(H,25,28). The molecule has 0 saturated carbocycles. The maximum absolute atomic E-state index is 14.8. The second-order valence-electron chi connectivity index (χ2n) is 7.34. The lowest BCUT2D eigenvalue weighted by Gasteiger charge is -2.16. The van der Waals surface area contributed by atoms with Gasteiger partial charge in [-0.05, 0) is 36.4 Å². The Labute approximate surface area is 174 Å².